The van der Waals surface area contributed by atoms with Crippen LogP contribution in [0.15, 0.2) is 48.5 Å². The first-order valence-corrected chi connectivity index (χ1v) is 9.15. The maximum atomic E-state index is 12.3. The van der Waals surface area contributed by atoms with Gasteiger partial charge >= 0.3 is 0 Å². The Morgan fingerprint density at radius 1 is 1.08 bits per heavy atom. The Bertz CT molecular complexity index is 953. The quantitative estimate of drug-likeness (QED) is 0.661. The van der Waals surface area contributed by atoms with Crippen molar-refractivity contribution in [3.8, 4) is 5.75 Å². The zero-order chi connectivity index (χ0) is 18.7. The lowest BCUT2D eigenvalue weighted by atomic mass is 10.2. The van der Waals surface area contributed by atoms with Crippen molar-refractivity contribution in [3.05, 3.63) is 64.0 Å². The fraction of sp³-hybridized carbons (Fsp3) is 0.158. The first kappa shape index (κ1) is 18.2. The number of amides is 2. The number of ether oxygens (including phenoxy) is 1. The van der Waals surface area contributed by atoms with E-state index >= 15 is 0 Å². The summed E-state index contributed by atoms with van der Waals surface area (Å²) < 4.78 is 6.46. The molecule has 0 saturated carbocycles. The summed E-state index contributed by atoms with van der Waals surface area (Å²) >= 11 is 7.53. The third-order valence-electron chi connectivity index (χ3n) is 3.74. The molecule has 3 rings (SSSR count). The van der Waals surface area contributed by atoms with Gasteiger partial charge in [-0.15, -0.1) is 11.3 Å². The summed E-state index contributed by atoms with van der Waals surface area (Å²) in [6, 6.07) is 14.8. The number of hydrogen-bond donors (Lipinski definition) is 2. The maximum Gasteiger partial charge on any atom is 0.281 e. The number of nitrogens with one attached hydrogen (secondary N) is 2. The number of aryl methyl sites for hydroxylation is 1. The molecule has 0 unspecified atom stereocenters. The van der Waals surface area contributed by atoms with E-state index in [1.165, 1.54) is 11.3 Å². The van der Waals surface area contributed by atoms with E-state index in [0.29, 0.717) is 15.6 Å². The summed E-state index contributed by atoms with van der Waals surface area (Å²) in [6.07, 6.45) is -0.768. The molecule has 2 amide bonds. The molecule has 2 aromatic carbocycles. The molecule has 7 heteroatoms. The minimum absolute atomic E-state index is 0.347. The van der Waals surface area contributed by atoms with Gasteiger partial charge in [0, 0.05) is 10.1 Å². The van der Waals surface area contributed by atoms with Crippen LogP contribution in [-0.4, -0.2) is 17.9 Å². The number of fused-ring (bicyclic) bond motifs is 1. The number of benzene rings is 2. The molecule has 0 fully saturated rings. The van der Waals surface area contributed by atoms with Crippen LogP contribution >= 0.6 is 22.9 Å². The second-order valence-corrected chi connectivity index (χ2v) is 7.19. The number of carbonyl (C=O) groups excluding carboxylic acids is 2. The van der Waals surface area contributed by atoms with Gasteiger partial charge in [0.15, 0.2) is 6.10 Å². The predicted molar refractivity (Wildman–Crippen MR) is 104 cm³/mol. The van der Waals surface area contributed by atoms with Gasteiger partial charge in [-0.25, -0.2) is 0 Å². The number of hydrazine groups is 1. The monoisotopic (exact) mass is 388 g/mol. The first-order chi connectivity index (χ1) is 12.5. The third-order valence-corrected chi connectivity index (χ3v) is 5.42. The minimum atomic E-state index is -0.768. The molecule has 5 nitrogen and oxygen atoms in total. The average molecular weight is 389 g/mol. The second kappa shape index (κ2) is 7.76. The molecule has 0 aliphatic heterocycles. The Kier molecular flexibility index (Phi) is 5.44. The molecule has 3 aromatic rings. The molecule has 1 atom stereocenters. The van der Waals surface area contributed by atoms with Gasteiger partial charge < -0.3 is 4.74 Å². The van der Waals surface area contributed by atoms with E-state index in [1.54, 1.807) is 19.1 Å². The highest BCUT2D eigenvalue weighted by molar-refractivity contribution is 7.21. The normalized spacial score (nSPS) is 11.8. The summed E-state index contributed by atoms with van der Waals surface area (Å²) in [5.41, 5.74) is 5.85. The van der Waals surface area contributed by atoms with Crippen LogP contribution in [0, 0.1) is 6.92 Å². The van der Waals surface area contributed by atoms with Crippen molar-refractivity contribution in [1.82, 2.24) is 10.9 Å². The molecule has 0 aliphatic carbocycles. The van der Waals surface area contributed by atoms with Gasteiger partial charge in [-0.1, -0.05) is 47.5 Å². The lowest BCUT2D eigenvalue weighted by Crippen LogP contribution is -2.47. The van der Waals surface area contributed by atoms with Crippen LogP contribution in [0.5, 0.6) is 5.75 Å². The van der Waals surface area contributed by atoms with Crippen LogP contribution < -0.4 is 15.6 Å². The smallest absolute Gasteiger partial charge is 0.281 e. The average Bonchev–Trinajstić information content (AvgIpc) is 2.98. The van der Waals surface area contributed by atoms with Crippen LogP contribution in [0.2, 0.25) is 5.02 Å². The summed E-state index contributed by atoms with van der Waals surface area (Å²) in [5.74, 6) is -0.347. The van der Waals surface area contributed by atoms with Gasteiger partial charge in [0.2, 0.25) is 0 Å². The largest absolute Gasteiger partial charge is 0.481 e. The molecule has 0 bridgehead atoms. The number of halogens is 1. The molecule has 1 aromatic heterocycles. The minimum Gasteiger partial charge on any atom is -0.481 e. The zero-order valence-electron chi connectivity index (χ0n) is 14.2. The maximum absolute atomic E-state index is 12.3. The molecule has 0 spiro atoms. The van der Waals surface area contributed by atoms with Gasteiger partial charge in [-0.2, -0.15) is 0 Å². The van der Waals surface area contributed by atoms with Crippen molar-refractivity contribution in [2.75, 3.05) is 0 Å². The lowest BCUT2D eigenvalue weighted by molar-refractivity contribution is -0.128. The van der Waals surface area contributed by atoms with Crippen molar-refractivity contribution < 1.29 is 14.3 Å². The summed E-state index contributed by atoms with van der Waals surface area (Å²) in [4.78, 5) is 24.8. The van der Waals surface area contributed by atoms with Gasteiger partial charge in [-0.05, 0) is 32.0 Å². The number of rotatable bonds is 4. The standard InChI is InChI=1S/C19H17ClN2O3S/c1-11-7-9-13(10-8-11)25-12(2)18(23)21-22-19(24)17-16(20)14-5-3-4-6-15(14)26-17/h3-10,12H,1-2H3,(H,21,23)(H,22,24)/t12-/m0/s1. The van der Waals surface area contributed by atoms with Gasteiger partial charge in [0.05, 0.1) is 5.02 Å². The van der Waals surface area contributed by atoms with E-state index in [0.717, 1.165) is 15.6 Å². The van der Waals surface area contributed by atoms with E-state index in [2.05, 4.69) is 10.9 Å². The highest BCUT2D eigenvalue weighted by Crippen LogP contribution is 2.34. The molecule has 134 valence electrons. The number of hydrogen-bond acceptors (Lipinski definition) is 4. The van der Waals surface area contributed by atoms with E-state index in [1.807, 2.05) is 43.3 Å². The van der Waals surface area contributed by atoms with Gasteiger partial charge in [0.25, 0.3) is 11.8 Å². The topological polar surface area (TPSA) is 67.4 Å². The summed E-state index contributed by atoms with van der Waals surface area (Å²) in [7, 11) is 0. The van der Waals surface area contributed by atoms with Crippen LogP contribution in [0.1, 0.15) is 22.2 Å². The molecule has 26 heavy (non-hydrogen) atoms. The molecular formula is C19H17ClN2O3S. The van der Waals surface area contributed by atoms with E-state index in [-0.39, 0.29) is 0 Å². The van der Waals surface area contributed by atoms with Crippen molar-refractivity contribution in [1.29, 1.82) is 0 Å². The van der Waals surface area contributed by atoms with Crippen molar-refractivity contribution in [2.24, 2.45) is 0 Å². The summed E-state index contributed by atoms with van der Waals surface area (Å²) in [6.45, 7) is 3.57. The Balaban J connectivity index is 1.60. The van der Waals surface area contributed by atoms with Crippen molar-refractivity contribution in [3.63, 3.8) is 0 Å². The Labute approximate surface area is 159 Å². The van der Waals surface area contributed by atoms with Gasteiger partial charge in [0.1, 0.15) is 10.6 Å². The molecule has 0 aliphatic rings. The summed E-state index contributed by atoms with van der Waals surface area (Å²) in [5, 5.41) is 1.19. The Morgan fingerprint density at radius 3 is 2.46 bits per heavy atom. The predicted octanol–water partition coefficient (Wildman–Crippen LogP) is 4.09. The third kappa shape index (κ3) is 3.98. The fourth-order valence-corrected chi connectivity index (χ4v) is 3.72. The van der Waals surface area contributed by atoms with E-state index in [4.69, 9.17) is 16.3 Å². The van der Waals surface area contributed by atoms with E-state index < -0.39 is 17.9 Å². The fourth-order valence-electron chi connectivity index (χ4n) is 2.31. The van der Waals surface area contributed by atoms with Crippen LogP contribution in [0.25, 0.3) is 10.1 Å². The van der Waals surface area contributed by atoms with Crippen LogP contribution in [0.3, 0.4) is 0 Å². The highest BCUT2D eigenvalue weighted by Gasteiger charge is 2.19. The number of thiophene rings is 1. The van der Waals surface area contributed by atoms with E-state index in [9.17, 15) is 9.59 Å². The highest BCUT2D eigenvalue weighted by atomic mass is 35.5. The Morgan fingerprint density at radius 2 is 1.77 bits per heavy atom. The molecule has 0 saturated heterocycles. The van der Waals surface area contributed by atoms with Crippen LogP contribution in [-0.2, 0) is 4.79 Å². The second-order valence-electron chi connectivity index (χ2n) is 5.76. The SMILES string of the molecule is Cc1ccc(O[C@@H](C)C(=O)NNC(=O)c2sc3ccccc3c2Cl)cc1. The first-order valence-electron chi connectivity index (χ1n) is 7.96. The Hall–Kier alpha value is -2.57. The molecule has 0 radical (unpaired) electrons. The zero-order valence-corrected chi connectivity index (χ0v) is 15.8. The van der Waals surface area contributed by atoms with Crippen molar-refractivity contribution in [2.45, 2.75) is 20.0 Å². The van der Waals surface area contributed by atoms with Gasteiger partial charge in [-0.3, -0.25) is 20.4 Å². The lowest BCUT2D eigenvalue weighted by Gasteiger charge is -2.15. The molecular weight excluding hydrogens is 372 g/mol. The van der Waals surface area contributed by atoms with Crippen molar-refractivity contribution >= 4 is 44.8 Å². The number of carbonyl (C=O) groups is 2. The van der Waals surface area contributed by atoms with Crippen LogP contribution in [0.4, 0.5) is 0 Å². The molecule has 1 heterocycles. The molecule has 2 N–H and O–H groups in total.